The predicted octanol–water partition coefficient (Wildman–Crippen LogP) is 1.42. The van der Waals surface area contributed by atoms with Gasteiger partial charge in [-0.1, -0.05) is 12.7 Å². The maximum atomic E-state index is 11.9. The van der Waals surface area contributed by atoms with Crippen LogP contribution in [0.5, 0.6) is 0 Å². The van der Waals surface area contributed by atoms with E-state index < -0.39 is 0 Å². The highest BCUT2D eigenvalue weighted by Crippen LogP contribution is 2.17. The molecule has 0 aromatic carbocycles. The number of hydrogen-bond acceptors (Lipinski definition) is 4. The first kappa shape index (κ1) is 16.4. The van der Waals surface area contributed by atoms with E-state index >= 15 is 0 Å². The summed E-state index contributed by atoms with van der Waals surface area (Å²) in [7, 11) is 0. The fraction of sp³-hybridized carbons (Fsp3) is 0.600. The number of hydrogen-bond donors (Lipinski definition) is 2. The van der Waals surface area contributed by atoms with Gasteiger partial charge in [0.2, 0.25) is 5.91 Å². The van der Waals surface area contributed by atoms with Gasteiger partial charge in [0, 0.05) is 43.2 Å². The molecule has 1 saturated heterocycles. The quantitative estimate of drug-likeness (QED) is 0.722. The molecule has 0 aliphatic carbocycles. The van der Waals surface area contributed by atoms with Gasteiger partial charge in [0.25, 0.3) is 0 Å². The molecule has 1 heterocycles. The summed E-state index contributed by atoms with van der Waals surface area (Å²) < 4.78 is 0. The number of carbonyl (C=O) groups excluding carboxylic acids is 1. The Hall–Kier alpha value is -1.62. The lowest BCUT2D eigenvalue weighted by Crippen LogP contribution is -2.45. The second kappa shape index (κ2) is 8.53. The zero-order valence-electron chi connectivity index (χ0n) is 12.6. The van der Waals surface area contributed by atoms with Crippen LogP contribution in [-0.4, -0.2) is 42.7 Å². The van der Waals surface area contributed by atoms with Crippen LogP contribution < -0.4 is 11.1 Å². The van der Waals surface area contributed by atoms with Crippen LogP contribution in [0.2, 0.25) is 0 Å². The molecule has 0 saturated carbocycles. The van der Waals surface area contributed by atoms with Gasteiger partial charge in [-0.05, 0) is 26.7 Å². The van der Waals surface area contributed by atoms with Crippen LogP contribution >= 0.6 is 0 Å². The highest BCUT2D eigenvalue weighted by molar-refractivity contribution is 5.78. The maximum absolute atomic E-state index is 11.9. The fourth-order valence-electron chi connectivity index (χ4n) is 2.24. The molecule has 5 heteroatoms. The number of carbonyl (C=O) groups is 1. The molecule has 1 atom stereocenters. The van der Waals surface area contributed by atoms with Crippen molar-refractivity contribution in [3.63, 3.8) is 0 Å². The van der Waals surface area contributed by atoms with Crippen LogP contribution in [0.1, 0.15) is 33.1 Å². The molecule has 112 valence electrons. The van der Waals surface area contributed by atoms with Crippen LogP contribution in [0.3, 0.4) is 0 Å². The number of nitrogens with two attached hydrogens (primary N) is 1. The minimum absolute atomic E-state index is 0.00920. The molecule has 20 heavy (non-hydrogen) atoms. The van der Waals surface area contributed by atoms with Gasteiger partial charge in [-0.25, -0.2) is 0 Å². The Labute approximate surface area is 121 Å². The number of nitrogens with zero attached hydrogens (tertiary/aromatic N) is 2. The number of amides is 1. The fourth-order valence-corrected chi connectivity index (χ4v) is 2.24. The first-order valence-electron chi connectivity index (χ1n) is 7.18. The largest absolute Gasteiger partial charge is 0.365 e. The summed E-state index contributed by atoms with van der Waals surface area (Å²) in [5, 5.41) is 2.91. The summed E-state index contributed by atoms with van der Waals surface area (Å²) in [5.41, 5.74) is 7.79. The molecule has 3 N–H and O–H groups in total. The van der Waals surface area contributed by atoms with Gasteiger partial charge in [-0.2, -0.15) is 0 Å². The molecule has 1 amide bonds. The van der Waals surface area contributed by atoms with Crippen molar-refractivity contribution in [2.24, 2.45) is 10.7 Å². The van der Waals surface area contributed by atoms with Crippen molar-refractivity contribution in [2.45, 2.75) is 39.2 Å². The Balaban J connectivity index is 2.31. The SMILES string of the molecule is C=C1[C@@H](N)CCCN1CC(=O)NCC/C(=C/C)N=CC. The first-order chi connectivity index (χ1) is 9.58. The average molecular weight is 278 g/mol. The number of rotatable bonds is 6. The van der Waals surface area contributed by atoms with Gasteiger partial charge in [-0.3, -0.25) is 9.79 Å². The molecule has 0 spiro atoms. The lowest BCUT2D eigenvalue weighted by Gasteiger charge is -2.34. The highest BCUT2D eigenvalue weighted by atomic mass is 16.2. The molecule has 0 bridgehead atoms. The third-order valence-electron chi connectivity index (χ3n) is 3.44. The van der Waals surface area contributed by atoms with E-state index in [0.717, 1.165) is 37.2 Å². The second-order valence-corrected chi connectivity index (χ2v) is 4.93. The van der Waals surface area contributed by atoms with Gasteiger partial charge in [0.15, 0.2) is 0 Å². The van der Waals surface area contributed by atoms with Crippen molar-refractivity contribution >= 4 is 12.1 Å². The summed E-state index contributed by atoms with van der Waals surface area (Å²) in [5.74, 6) is 0.0104. The van der Waals surface area contributed by atoms with E-state index in [1.54, 1.807) is 6.21 Å². The predicted molar refractivity (Wildman–Crippen MR) is 83.5 cm³/mol. The number of allylic oxidation sites excluding steroid dienone is 1. The number of aliphatic imine (C=N–C) groups is 1. The molecule has 0 unspecified atom stereocenters. The van der Waals surface area contributed by atoms with Crippen molar-refractivity contribution in [2.75, 3.05) is 19.6 Å². The van der Waals surface area contributed by atoms with Gasteiger partial charge in [0.1, 0.15) is 0 Å². The maximum Gasteiger partial charge on any atom is 0.239 e. The van der Waals surface area contributed by atoms with Crippen molar-refractivity contribution < 1.29 is 4.79 Å². The molecule has 5 nitrogen and oxygen atoms in total. The molecule has 1 rings (SSSR count). The normalized spacial score (nSPS) is 20.6. The molecule has 0 radical (unpaired) electrons. The first-order valence-corrected chi connectivity index (χ1v) is 7.18. The lowest BCUT2D eigenvalue weighted by molar-refractivity contribution is -0.122. The number of likely N-dealkylation sites (tertiary alicyclic amines) is 1. The monoisotopic (exact) mass is 278 g/mol. The van der Waals surface area contributed by atoms with Crippen molar-refractivity contribution in [3.8, 4) is 0 Å². The number of piperidine rings is 1. The van der Waals surface area contributed by atoms with Gasteiger partial charge < -0.3 is 16.0 Å². The minimum atomic E-state index is -0.00920. The summed E-state index contributed by atoms with van der Waals surface area (Å²) in [6.45, 7) is 9.60. The molecule has 1 aliphatic heterocycles. The van der Waals surface area contributed by atoms with E-state index in [2.05, 4.69) is 16.9 Å². The molecule has 1 fully saturated rings. The Morgan fingerprint density at radius 2 is 2.35 bits per heavy atom. The van der Waals surface area contributed by atoms with Crippen molar-refractivity contribution in [3.05, 3.63) is 24.0 Å². The average Bonchev–Trinajstić information content (AvgIpc) is 2.43. The number of nitrogens with one attached hydrogen (secondary N) is 1. The summed E-state index contributed by atoms with van der Waals surface area (Å²) in [4.78, 5) is 18.1. The summed E-state index contributed by atoms with van der Waals surface area (Å²) >= 11 is 0. The van der Waals surface area contributed by atoms with E-state index in [4.69, 9.17) is 5.73 Å². The van der Waals surface area contributed by atoms with E-state index in [1.807, 2.05) is 24.8 Å². The molecular weight excluding hydrogens is 252 g/mol. The Morgan fingerprint density at radius 3 is 3.00 bits per heavy atom. The van der Waals surface area contributed by atoms with Gasteiger partial charge in [-0.15, -0.1) is 0 Å². The van der Waals surface area contributed by atoms with Crippen LogP contribution in [0.4, 0.5) is 0 Å². The Kier molecular flexibility index (Phi) is 7.01. The Bertz CT molecular complexity index is 401. The van der Waals surface area contributed by atoms with Crippen LogP contribution in [0.25, 0.3) is 0 Å². The molecular formula is C15H26N4O. The van der Waals surface area contributed by atoms with Crippen molar-refractivity contribution in [1.82, 2.24) is 10.2 Å². The second-order valence-electron chi connectivity index (χ2n) is 4.93. The minimum Gasteiger partial charge on any atom is -0.365 e. The van der Waals surface area contributed by atoms with Crippen LogP contribution in [-0.2, 0) is 4.79 Å². The van der Waals surface area contributed by atoms with E-state index in [1.165, 1.54) is 0 Å². The highest BCUT2D eigenvalue weighted by Gasteiger charge is 2.21. The smallest absolute Gasteiger partial charge is 0.239 e. The van der Waals surface area contributed by atoms with E-state index in [9.17, 15) is 4.79 Å². The zero-order valence-corrected chi connectivity index (χ0v) is 12.6. The standard InChI is InChI=1S/C15H26N4O/c1-4-13(17-5-2)8-9-18-15(20)11-19-10-6-7-14(16)12(19)3/h4-5,14H,3,6-11,16H2,1-2H3,(H,18,20)/b13-4-,17-5?/t14-/m0/s1. The van der Waals surface area contributed by atoms with Crippen molar-refractivity contribution in [1.29, 1.82) is 0 Å². The van der Waals surface area contributed by atoms with Gasteiger partial charge >= 0.3 is 0 Å². The topological polar surface area (TPSA) is 70.7 Å². The summed E-state index contributed by atoms with van der Waals surface area (Å²) in [6.07, 6.45) is 6.43. The van der Waals surface area contributed by atoms with E-state index in [0.29, 0.717) is 13.1 Å². The molecule has 1 aliphatic rings. The molecule has 0 aromatic rings. The lowest BCUT2D eigenvalue weighted by atomic mass is 10.0. The van der Waals surface area contributed by atoms with Gasteiger partial charge in [0.05, 0.1) is 6.54 Å². The Morgan fingerprint density at radius 1 is 1.60 bits per heavy atom. The van der Waals surface area contributed by atoms with Crippen LogP contribution in [0.15, 0.2) is 29.0 Å². The van der Waals surface area contributed by atoms with E-state index in [-0.39, 0.29) is 11.9 Å². The molecule has 0 aromatic heterocycles. The zero-order chi connectivity index (χ0) is 15.0. The third-order valence-corrected chi connectivity index (χ3v) is 3.44. The van der Waals surface area contributed by atoms with Crippen LogP contribution in [0, 0.1) is 0 Å². The summed E-state index contributed by atoms with van der Waals surface area (Å²) in [6, 6.07) is -0.00920. The third kappa shape index (κ3) is 5.17.